The highest BCUT2D eigenvalue weighted by atomic mass is 35.5. The molecule has 0 rings (SSSR count). The topological polar surface area (TPSA) is 60.2 Å². The first-order chi connectivity index (χ1) is 3.66. The second-order valence-electron chi connectivity index (χ2n) is 1.32. The van der Waals surface area contributed by atoms with Gasteiger partial charge in [0.1, 0.15) is 0 Å². The van der Waals surface area contributed by atoms with Crippen molar-refractivity contribution in [2.75, 3.05) is 5.88 Å². The molecule has 2 N–H and O–H groups in total. The average Bonchev–Trinajstić information content (AvgIpc) is 1.65. The van der Waals surface area contributed by atoms with Crippen LogP contribution < -0.4 is 5.73 Å². The molecule has 0 spiro atoms. The van der Waals surface area contributed by atoms with Gasteiger partial charge >= 0.3 is 0 Å². The van der Waals surface area contributed by atoms with Crippen molar-refractivity contribution >= 4 is 23.3 Å². The van der Waals surface area contributed by atoms with E-state index in [1.54, 1.807) is 0 Å². The van der Waals surface area contributed by atoms with Gasteiger partial charge in [-0.2, -0.15) is 0 Å². The number of carbonyl (C=O) groups excluding carboxylic acids is 2. The Balaban J connectivity index is 3.40. The van der Waals surface area contributed by atoms with Crippen molar-refractivity contribution in [3.05, 3.63) is 0 Å². The van der Waals surface area contributed by atoms with Crippen LogP contribution in [-0.4, -0.2) is 17.6 Å². The molecular formula is C4H6ClNO2. The molecule has 0 heterocycles. The summed E-state index contributed by atoms with van der Waals surface area (Å²) in [6, 6.07) is 0. The number of Topliss-reactive ketones (excluding diaryl/α,β-unsaturated/α-hetero) is 1. The molecular weight excluding hydrogens is 130 g/mol. The van der Waals surface area contributed by atoms with Crippen molar-refractivity contribution in [2.24, 2.45) is 5.73 Å². The third-order valence-electron chi connectivity index (χ3n) is 0.520. The van der Waals surface area contributed by atoms with E-state index in [0.29, 0.717) is 0 Å². The van der Waals surface area contributed by atoms with Crippen molar-refractivity contribution in [3.63, 3.8) is 0 Å². The zero-order valence-corrected chi connectivity index (χ0v) is 4.94. The molecule has 46 valence electrons. The summed E-state index contributed by atoms with van der Waals surface area (Å²) in [6.07, 6.45) is -0.247. The predicted octanol–water partition coefficient (Wildman–Crippen LogP) is -0.330. The molecule has 0 aromatic heterocycles. The lowest BCUT2D eigenvalue weighted by Gasteiger charge is -1.86. The minimum Gasteiger partial charge on any atom is -0.369 e. The number of primary amides is 1. The third-order valence-corrected chi connectivity index (χ3v) is 0.819. The molecule has 0 aliphatic heterocycles. The molecule has 0 saturated heterocycles. The van der Waals surface area contributed by atoms with Crippen molar-refractivity contribution in [1.29, 1.82) is 0 Å². The lowest BCUT2D eigenvalue weighted by atomic mass is 10.3. The smallest absolute Gasteiger partial charge is 0.224 e. The molecule has 1 amide bonds. The monoisotopic (exact) mass is 135 g/mol. The van der Waals surface area contributed by atoms with Gasteiger partial charge in [-0.05, 0) is 0 Å². The number of amides is 1. The standard InChI is InChI=1S/C4H6ClNO2/c5-2-3(7)1-4(6)8/h1-2H2,(H2,6,8). The fraction of sp³-hybridized carbons (Fsp3) is 0.500. The van der Waals surface area contributed by atoms with Crippen molar-refractivity contribution < 1.29 is 9.59 Å². The first-order valence-corrected chi connectivity index (χ1v) is 2.56. The number of hydrogen-bond acceptors (Lipinski definition) is 2. The zero-order valence-electron chi connectivity index (χ0n) is 4.19. The molecule has 0 bridgehead atoms. The molecule has 0 aromatic carbocycles. The van der Waals surface area contributed by atoms with E-state index in [4.69, 9.17) is 11.6 Å². The molecule has 0 aliphatic carbocycles. The van der Waals surface area contributed by atoms with Crippen LogP contribution in [0.5, 0.6) is 0 Å². The van der Waals surface area contributed by atoms with Crippen molar-refractivity contribution in [3.8, 4) is 0 Å². The summed E-state index contributed by atoms with van der Waals surface area (Å²) in [7, 11) is 0. The lowest BCUT2D eigenvalue weighted by Crippen LogP contribution is -2.16. The molecule has 4 heteroatoms. The summed E-state index contributed by atoms with van der Waals surface area (Å²) < 4.78 is 0. The van der Waals surface area contributed by atoms with Gasteiger partial charge in [0.15, 0.2) is 5.78 Å². The quantitative estimate of drug-likeness (QED) is 0.426. The Hall–Kier alpha value is -0.570. The van der Waals surface area contributed by atoms with Crippen molar-refractivity contribution in [1.82, 2.24) is 0 Å². The van der Waals surface area contributed by atoms with Crippen LogP contribution in [0.3, 0.4) is 0 Å². The Morgan fingerprint density at radius 3 is 2.12 bits per heavy atom. The molecule has 0 atom stereocenters. The number of halogens is 1. The van der Waals surface area contributed by atoms with Crippen LogP contribution in [-0.2, 0) is 9.59 Å². The zero-order chi connectivity index (χ0) is 6.57. The summed E-state index contributed by atoms with van der Waals surface area (Å²) in [6.45, 7) is 0. The summed E-state index contributed by atoms with van der Waals surface area (Å²) in [5, 5.41) is 0. The summed E-state index contributed by atoms with van der Waals surface area (Å²) in [5.41, 5.74) is 4.65. The van der Waals surface area contributed by atoms with E-state index < -0.39 is 5.91 Å². The van der Waals surface area contributed by atoms with E-state index in [2.05, 4.69) is 5.73 Å². The summed E-state index contributed by atoms with van der Waals surface area (Å²) in [5.74, 6) is -1.10. The lowest BCUT2D eigenvalue weighted by molar-refractivity contribution is -0.125. The number of hydrogen-bond donors (Lipinski definition) is 1. The first kappa shape index (κ1) is 7.43. The van der Waals surface area contributed by atoms with E-state index in [9.17, 15) is 9.59 Å². The van der Waals surface area contributed by atoms with Gasteiger partial charge in [0.2, 0.25) is 5.91 Å². The highest BCUT2D eigenvalue weighted by Gasteiger charge is 2.01. The number of nitrogens with two attached hydrogens (primary N) is 1. The minimum absolute atomic E-state index is 0.136. The van der Waals surface area contributed by atoms with Gasteiger partial charge < -0.3 is 5.73 Å². The second-order valence-corrected chi connectivity index (χ2v) is 1.58. The molecule has 0 unspecified atom stereocenters. The predicted molar refractivity (Wildman–Crippen MR) is 29.5 cm³/mol. The van der Waals surface area contributed by atoms with Gasteiger partial charge in [-0.15, -0.1) is 11.6 Å². The SMILES string of the molecule is NC(=O)CC(=O)CCl. The van der Waals surface area contributed by atoms with Crippen LogP contribution >= 0.6 is 11.6 Å². The molecule has 0 saturated carbocycles. The summed E-state index contributed by atoms with van der Waals surface area (Å²) in [4.78, 5) is 20.1. The molecule has 0 aliphatic rings. The Morgan fingerprint density at radius 2 is 2.00 bits per heavy atom. The van der Waals surface area contributed by atoms with Crippen LogP contribution in [0.25, 0.3) is 0 Å². The van der Waals surface area contributed by atoms with Crippen LogP contribution in [0.2, 0.25) is 0 Å². The molecule has 8 heavy (non-hydrogen) atoms. The molecule has 3 nitrogen and oxygen atoms in total. The number of ketones is 1. The number of carbonyl (C=O) groups is 2. The number of alkyl halides is 1. The van der Waals surface area contributed by atoms with Crippen molar-refractivity contribution in [2.45, 2.75) is 6.42 Å². The van der Waals surface area contributed by atoms with E-state index >= 15 is 0 Å². The van der Waals surface area contributed by atoms with Crippen LogP contribution in [0.4, 0.5) is 0 Å². The van der Waals surface area contributed by atoms with Crippen LogP contribution in [0, 0.1) is 0 Å². The van der Waals surface area contributed by atoms with Gasteiger partial charge in [0.05, 0.1) is 12.3 Å². The van der Waals surface area contributed by atoms with E-state index in [0.717, 1.165) is 0 Å². The normalized spacial score (nSPS) is 8.62. The van der Waals surface area contributed by atoms with E-state index in [-0.39, 0.29) is 18.1 Å². The largest absolute Gasteiger partial charge is 0.369 e. The Kier molecular flexibility index (Phi) is 3.19. The van der Waals surface area contributed by atoms with E-state index in [1.807, 2.05) is 0 Å². The first-order valence-electron chi connectivity index (χ1n) is 2.02. The Morgan fingerprint density at radius 1 is 1.50 bits per heavy atom. The Labute approximate surface area is 51.8 Å². The fourth-order valence-corrected chi connectivity index (χ4v) is 0.336. The third kappa shape index (κ3) is 3.61. The highest BCUT2D eigenvalue weighted by molar-refractivity contribution is 6.29. The Bertz CT molecular complexity index is 113. The molecule has 0 fully saturated rings. The van der Waals surface area contributed by atoms with Crippen LogP contribution in [0.15, 0.2) is 0 Å². The molecule has 0 aromatic rings. The van der Waals surface area contributed by atoms with Gasteiger partial charge in [-0.3, -0.25) is 9.59 Å². The maximum absolute atomic E-state index is 10.2. The van der Waals surface area contributed by atoms with Crippen LogP contribution in [0.1, 0.15) is 6.42 Å². The van der Waals surface area contributed by atoms with Gasteiger partial charge in [0, 0.05) is 0 Å². The fourth-order valence-electron chi connectivity index (χ4n) is 0.242. The highest BCUT2D eigenvalue weighted by Crippen LogP contribution is 1.83. The second kappa shape index (κ2) is 3.43. The summed E-state index contributed by atoms with van der Waals surface area (Å²) >= 11 is 5.04. The average molecular weight is 136 g/mol. The van der Waals surface area contributed by atoms with E-state index in [1.165, 1.54) is 0 Å². The van der Waals surface area contributed by atoms with Gasteiger partial charge in [-0.25, -0.2) is 0 Å². The number of rotatable bonds is 3. The minimum atomic E-state index is -0.629. The molecule has 0 radical (unpaired) electrons. The maximum Gasteiger partial charge on any atom is 0.224 e. The maximum atomic E-state index is 10.2. The van der Waals surface area contributed by atoms with Gasteiger partial charge in [-0.1, -0.05) is 0 Å². The van der Waals surface area contributed by atoms with Gasteiger partial charge in [0.25, 0.3) is 0 Å².